The SMILES string of the molecule is O=Cc1ccc(Sc2ccncc2)c(Cl)c1. The molecule has 2 aromatic rings. The van der Waals surface area contributed by atoms with E-state index >= 15 is 0 Å². The second-order valence-electron chi connectivity index (χ2n) is 3.09. The number of carbonyl (C=O) groups is 1. The zero-order valence-electron chi connectivity index (χ0n) is 8.26. The smallest absolute Gasteiger partial charge is 0.150 e. The molecule has 0 aliphatic heterocycles. The highest BCUT2D eigenvalue weighted by Crippen LogP contribution is 2.33. The molecule has 0 saturated carbocycles. The van der Waals surface area contributed by atoms with Crippen LogP contribution in [0.4, 0.5) is 0 Å². The fourth-order valence-electron chi connectivity index (χ4n) is 1.21. The number of aromatic nitrogens is 1. The van der Waals surface area contributed by atoms with Crippen LogP contribution < -0.4 is 0 Å². The molecule has 1 heterocycles. The van der Waals surface area contributed by atoms with Crippen molar-refractivity contribution in [3.63, 3.8) is 0 Å². The van der Waals surface area contributed by atoms with E-state index in [9.17, 15) is 4.79 Å². The first kappa shape index (κ1) is 11.2. The molecular formula is C12H8ClNOS. The molecule has 2 rings (SSSR count). The van der Waals surface area contributed by atoms with Crippen molar-refractivity contribution in [3.8, 4) is 0 Å². The Morgan fingerprint density at radius 2 is 1.94 bits per heavy atom. The molecule has 0 bridgehead atoms. The van der Waals surface area contributed by atoms with Crippen LogP contribution in [0.2, 0.25) is 5.02 Å². The van der Waals surface area contributed by atoms with Crippen molar-refractivity contribution in [1.82, 2.24) is 4.98 Å². The Kier molecular flexibility index (Phi) is 3.59. The maximum absolute atomic E-state index is 10.6. The van der Waals surface area contributed by atoms with Crippen molar-refractivity contribution < 1.29 is 4.79 Å². The second kappa shape index (κ2) is 5.14. The Hall–Kier alpha value is -1.32. The first-order chi connectivity index (χ1) is 7.79. The van der Waals surface area contributed by atoms with Gasteiger partial charge in [0.1, 0.15) is 6.29 Å². The highest BCUT2D eigenvalue weighted by molar-refractivity contribution is 7.99. The summed E-state index contributed by atoms with van der Waals surface area (Å²) in [7, 11) is 0. The van der Waals surface area contributed by atoms with Crippen LogP contribution in [0.3, 0.4) is 0 Å². The normalized spacial score (nSPS) is 10.1. The monoisotopic (exact) mass is 249 g/mol. The van der Waals surface area contributed by atoms with E-state index in [-0.39, 0.29) is 0 Å². The number of rotatable bonds is 3. The van der Waals surface area contributed by atoms with Crippen LogP contribution >= 0.6 is 23.4 Å². The molecular weight excluding hydrogens is 242 g/mol. The fourth-order valence-corrected chi connectivity index (χ4v) is 2.32. The van der Waals surface area contributed by atoms with Crippen LogP contribution in [-0.4, -0.2) is 11.3 Å². The maximum Gasteiger partial charge on any atom is 0.150 e. The van der Waals surface area contributed by atoms with Crippen molar-refractivity contribution in [2.45, 2.75) is 9.79 Å². The Morgan fingerprint density at radius 3 is 2.56 bits per heavy atom. The van der Waals surface area contributed by atoms with E-state index in [1.165, 1.54) is 0 Å². The van der Waals surface area contributed by atoms with E-state index in [0.717, 1.165) is 16.1 Å². The summed E-state index contributed by atoms with van der Waals surface area (Å²) in [6.45, 7) is 0. The quantitative estimate of drug-likeness (QED) is 0.777. The van der Waals surface area contributed by atoms with Gasteiger partial charge in [-0.2, -0.15) is 0 Å². The summed E-state index contributed by atoms with van der Waals surface area (Å²) in [5, 5.41) is 0.589. The van der Waals surface area contributed by atoms with Crippen molar-refractivity contribution in [2.75, 3.05) is 0 Å². The zero-order valence-corrected chi connectivity index (χ0v) is 9.83. The van der Waals surface area contributed by atoms with E-state index < -0.39 is 0 Å². The molecule has 0 spiro atoms. The number of hydrogen-bond acceptors (Lipinski definition) is 3. The van der Waals surface area contributed by atoms with Gasteiger partial charge in [0.2, 0.25) is 0 Å². The number of hydrogen-bond donors (Lipinski definition) is 0. The number of benzene rings is 1. The van der Waals surface area contributed by atoms with Crippen LogP contribution in [-0.2, 0) is 0 Å². The summed E-state index contributed by atoms with van der Waals surface area (Å²) in [6.07, 6.45) is 4.25. The van der Waals surface area contributed by atoms with Crippen LogP contribution in [0.5, 0.6) is 0 Å². The molecule has 0 aliphatic rings. The highest BCUT2D eigenvalue weighted by atomic mass is 35.5. The van der Waals surface area contributed by atoms with Gasteiger partial charge in [-0.05, 0) is 24.3 Å². The first-order valence-electron chi connectivity index (χ1n) is 4.62. The van der Waals surface area contributed by atoms with Crippen LogP contribution in [0.1, 0.15) is 10.4 Å². The van der Waals surface area contributed by atoms with Crippen molar-refractivity contribution >= 4 is 29.6 Å². The lowest BCUT2D eigenvalue weighted by molar-refractivity contribution is 0.112. The predicted molar refractivity (Wildman–Crippen MR) is 65.2 cm³/mol. The van der Waals surface area contributed by atoms with Gasteiger partial charge >= 0.3 is 0 Å². The molecule has 0 fully saturated rings. The maximum atomic E-state index is 10.6. The van der Waals surface area contributed by atoms with E-state index in [1.54, 1.807) is 36.3 Å². The highest BCUT2D eigenvalue weighted by Gasteiger charge is 2.03. The number of halogens is 1. The molecule has 4 heteroatoms. The van der Waals surface area contributed by atoms with Crippen LogP contribution in [0.25, 0.3) is 0 Å². The lowest BCUT2D eigenvalue weighted by atomic mass is 10.2. The van der Waals surface area contributed by atoms with Crippen LogP contribution in [0, 0.1) is 0 Å². The Morgan fingerprint density at radius 1 is 1.19 bits per heavy atom. The van der Waals surface area contributed by atoms with E-state index in [4.69, 9.17) is 11.6 Å². The number of aldehydes is 1. The number of nitrogens with zero attached hydrogens (tertiary/aromatic N) is 1. The molecule has 0 radical (unpaired) electrons. The standard InChI is InChI=1S/C12H8ClNOS/c13-11-7-9(8-15)1-2-12(11)16-10-3-5-14-6-4-10/h1-8H. The summed E-state index contributed by atoms with van der Waals surface area (Å²) in [5.41, 5.74) is 0.587. The molecule has 0 unspecified atom stereocenters. The minimum Gasteiger partial charge on any atom is -0.298 e. The van der Waals surface area contributed by atoms with Gasteiger partial charge in [0, 0.05) is 27.7 Å². The molecule has 0 amide bonds. The van der Waals surface area contributed by atoms with Gasteiger partial charge in [0.25, 0.3) is 0 Å². The Bertz CT molecular complexity index is 502. The molecule has 1 aromatic heterocycles. The number of carbonyl (C=O) groups excluding carboxylic acids is 1. The minimum atomic E-state index is 0.587. The molecule has 0 saturated heterocycles. The van der Waals surface area contributed by atoms with Gasteiger partial charge in [-0.15, -0.1) is 0 Å². The lowest BCUT2D eigenvalue weighted by Gasteiger charge is -2.04. The molecule has 0 atom stereocenters. The molecule has 1 aromatic carbocycles. The van der Waals surface area contributed by atoms with Crippen molar-refractivity contribution in [3.05, 3.63) is 53.3 Å². The summed E-state index contributed by atoms with van der Waals surface area (Å²) < 4.78 is 0. The minimum absolute atomic E-state index is 0.587. The van der Waals surface area contributed by atoms with Gasteiger partial charge in [-0.1, -0.05) is 29.4 Å². The third-order valence-corrected chi connectivity index (χ3v) is 3.48. The van der Waals surface area contributed by atoms with Crippen molar-refractivity contribution in [2.24, 2.45) is 0 Å². The summed E-state index contributed by atoms with van der Waals surface area (Å²) >= 11 is 7.61. The predicted octanol–water partition coefficient (Wildman–Crippen LogP) is 3.70. The second-order valence-corrected chi connectivity index (χ2v) is 4.62. The van der Waals surface area contributed by atoms with Crippen LogP contribution in [0.15, 0.2) is 52.5 Å². The third kappa shape index (κ3) is 2.62. The van der Waals surface area contributed by atoms with Gasteiger partial charge < -0.3 is 0 Å². The molecule has 80 valence electrons. The van der Waals surface area contributed by atoms with E-state index in [2.05, 4.69) is 4.98 Å². The molecule has 2 nitrogen and oxygen atoms in total. The summed E-state index contributed by atoms with van der Waals surface area (Å²) in [4.78, 5) is 16.5. The van der Waals surface area contributed by atoms with E-state index in [1.807, 2.05) is 18.2 Å². The Balaban J connectivity index is 2.25. The van der Waals surface area contributed by atoms with Gasteiger partial charge in [-0.25, -0.2) is 0 Å². The van der Waals surface area contributed by atoms with E-state index in [0.29, 0.717) is 10.6 Å². The third-order valence-electron chi connectivity index (χ3n) is 1.97. The van der Waals surface area contributed by atoms with Gasteiger partial charge in [0.15, 0.2) is 0 Å². The average Bonchev–Trinajstić information content (AvgIpc) is 2.33. The first-order valence-corrected chi connectivity index (χ1v) is 5.81. The van der Waals surface area contributed by atoms with Gasteiger partial charge in [-0.3, -0.25) is 9.78 Å². The molecule has 0 aliphatic carbocycles. The largest absolute Gasteiger partial charge is 0.298 e. The average molecular weight is 250 g/mol. The van der Waals surface area contributed by atoms with Gasteiger partial charge in [0.05, 0.1) is 5.02 Å². The Labute approximate surface area is 103 Å². The summed E-state index contributed by atoms with van der Waals surface area (Å²) in [5.74, 6) is 0. The lowest BCUT2D eigenvalue weighted by Crippen LogP contribution is -1.81. The summed E-state index contributed by atoms with van der Waals surface area (Å²) in [6, 6.07) is 9.08. The molecule has 16 heavy (non-hydrogen) atoms. The van der Waals surface area contributed by atoms with Crippen molar-refractivity contribution in [1.29, 1.82) is 0 Å². The fraction of sp³-hybridized carbons (Fsp3) is 0. The topological polar surface area (TPSA) is 30.0 Å². The zero-order chi connectivity index (χ0) is 11.4. The number of pyridine rings is 1. The molecule has 0 N–H and O–H groups in total.